The van der Waals surface area contributed by atoms with Crippen LogP contribution in [-0.2, 0) is 21.9 Å². The molecule has 1 aromatic heterocycles. The zero-order valence-electron chi connectivity index (χ0n) is 15.2. The second-order valence-corrected chi connectivity index (χ2v) is 7.38. The summed E-state index contributed by atoms with van der Waals surface area (Å²) in [6.45, 7) is -0.0222. The van der Waals surface area contributed by atoms with Crippen molar-refractivity contribution in [2.24, 2.45) is 7.05 Å². The lowest BCUT2D eigenvalue weighted by Gasteiger charge is -2.14. The summed E-state index contributed by atoms with van der Waals surface area (Å²) in [5.74, 6) is -0.333. The predicted octanol–water partition coefficient (Wildman–Crippen LogP) is 0.105. The van der Waals surface area contributed by atoms with E-state index in [4.69, 9.17) is 0 Å². The summed E-state index contributed by atoms with van der Waals surface area (Å²) in [6, 6.07) is 4.11. The first-order valence-corrected chi connectivity index (χ1v) is 9.40. The number of carbonyl (C=O) groups is 1. The molecule has 2 rings (SSSR count). The van der Waals surface area contributed by atoms with Gasteiger partial charge in [-0.1, -0.05) is 6.07 Å². The lowest BCUT2D eigenvalue weighted by molar-refractivity contribution is -0.385. The highest BCUT2D eigenvalue weighted by Gasteiger charge is 2.20. The van der Waals surface area contributed by atoms with E-state index in [9.17, 15) is 23.3 Å². The Morgan fingerprint density at radius 1 is 1.36 bits per heavy atom. The van der Waals surface area contributed by atoms with Gasteiger partial charge in [0, 0.05) is 44.0 Å². The number of hydrogen-bond acceptors (Lipinski definition) is 7. The highest BCUT2D eigenvalue weighted by molar-refractivity contribution is 7.89. The number of nitro benzene ring substituents is 1. The molecule has 0 aliphatic carbocycles. The maximum atomic E-state index is 12.2. The number of nitrogens with one attached hydrogen (secondary N) is 3. The van der Waals surface area contributed by atoms with Gasteiger partial charge in [-0.15, -0.1) is 12.4 Å². The number of amides is 1. The molecule has 0 saturated heterocycles. The number of hydrogen-bond donors (Lipinski definition) is 3. The third kappa shape index (κ3) is 5.99. The molecule has 0 aliphatic rings. The molecule has 0 spiro atoms. The molecule has 0 aliphatic heterocycles. The van der Waals surface area contributed by atoms with Gasteiger partial charge in [-0.25, -0.2) is 13.1 Å². The highest BCUT2D eigenvalue weighted by atomic mass is 35.5. The summed E-state index contributed by atoms with van der Waals surface area (Å²) in [5.41, 5.74) is 0.356. The van der Waals surface area contributed by atoms with Crippen molar-refractivity contribution in [3.63, 3.8) is 0 Å². The van der Waals surface area contributed by atoms with E-state index in [2.05, 4.69) is 20.5 Å². The Hall–Kier alpha value is -2.54. The summed E-state index contributed by atoms with van der Waals surface area (Å²) in [5, 5.41) is 20.2. The average molecular weight is 433 g/mol. The fraction of sp³-hybridized carbons (Fsp3) is 0.333. The van der Waals surface area contributed by atoms with E-state index < -0.39 is 21.0 Å². The predicted molar refractivity (Wildman–Crippen MR) is 104 cm³/mol. The first-order valence-electron chi connectivity index (χ1n) is 7.92. The van der Waals surface area contributed by atoms with Crippen LogP contribution in [0.4, 0.5) is 5.69 Å². The molecule has 28 heavy (non-hydrogen) atoms. The summed E-state index contributed by atoms with van der Waals surface area (Å²) < 4.78 is 28.3. The fourth-order valence-corrected chi connectivity index (χ4v) is 3.43. The first kappa shape index (κ1) is 23.5. The molecule has 11 nitrogen and oxygen atoms in total. The van der Waals surface area contributed by atoms with Gasteiger partial charge >= 0.3 is 0 Å². The molecular weight excluding hydrogens is 412 g/mol. The van der Waals surface area contributed by atoms with Gasteiger partial charge in [0.1, 0.15) is 6.04 Å². The largest absolute Gasteiger partial charge is 0.353 e. The minimum absolute atomic E-state index is 0. The van der Waals surface area contributed by atoms with Crippen molar-refractivity contribution in [3.05, 3.63) is 52.3 Å². The van der Waals surface area contributed by atoms with Crippen LogP contribution in [-0.4, -0.2) is 49.2 Å². The van der Waals surface area contributed by atoms with Crippen LogP contribution in [0.5, 0.6) is 0 Å². The van der Waals surface area contributed by atoms with Crippen molar-refractivity contribution >= 4 is 34.0 Å². The molecule has 1 amide bonds. The molecule has 3 N–H and O–H groups in total. The van der Waals surface area contributed by atoms with Crippen LogP contribution < -0.4 is 15.4 Å². The van der Waals surface area contributed by atoms with E-state index in [1.54, 1.807) is 31.2 Å². The molecule has 13 heteroatoms. The van der Waals surface area contributed by atoms with Crippen molar-refractivity contribution in [1.82, 2.24) is 25.1 Å². The number of aromatic nitrogens is 2. The van der Waals surface area contributed by atoms with Gasteiger partial charge in [0.15, 0.2) is 0 Å². The van der Waals surface area contributed by atoms with Crippen LogP contribution in [0.1, 0.15) is 11.6 Å². The summed E-state index contributed by atoms with van der Waals surface area (Å²) in [4.78, 5) is 22.1. The lowest BCUT2D eigenvalue weighted by atomic mass is 10.1. The summed E-state index contributed by atoms with van der Waals surface area (Å²) in [6.07, 6.45) is 3.26. The Morgan fingerprint density at radius 3 is 2.64 bits per heavy atom. The molecular formula is C15H21ClN6O5S. The second-order valence-electron chi connectivity index (χ2n) is 5.61. The number of benzene rings is 1. The van der Waals surface area contributed by atoms with Crippen LogP contribution in [0.15, 0.2) is 41.6 Å². The highest BCUT2D eigenvalue weighted by Crippen LogP contribution is 2.17. The van der Waals surface area contributed by atoms with Gasteiger partial charge in [-0.05, 0) is 13.1 Å². The normalized spacial score (nSPS) is 12.1. The summed E-state index contributed by atoms with van der Waals surface area (Å²) >= 11 is 0. The number of halogens is 1. The number of sulfonamides is 1. The van der Waals surface area contributed by atoms with Crippen molar-refractivity contribution in [2.45, 2.75) is 10.9 Å². The Labute approximate surface area is 168 Å². The number of non-ortho nitro benzene ring substituents is 1. The van der Waals surface area contributed by atoms with Gasteiger partial charge in [0.25, 0.3) is 5.69 Å². The maximum Gasteiger partial charge on any atom is 0.270 e. The average Bonchev–Trinajstić information content (AvgIpc) is 3.05. The van der Waals surface area contributed by atoms with Gasteiger partial charge in [0.05, 0.1) is 16.0 Å². The molecule has 1 atom stereocenters. The van der Waals surface area contributed by atoms with E-state index in [1.807, 2.05) is 0 Å². The quantitative estimate of drug-likeness (QED) is 0.289. The molecule has 154 valence electrons. The second kappa shape index (κ2) is 10.1. The van der Waals surface area contributed by atoms with E-state index in [1.165, 1.54) is 18.2 Å². The number of nitro groups is 1. The number of rotatable bonds is 9. The van der Waals surface area contributed by atoms with E-state index in [-0.39, 0.29) is 42.0 Å². The Bertz CT molecular complexity index is 933. The molecule has 0 bridgehead atoms. The SMILES string of the molecule is CNC(C(=O)NCCNS(=O)(=O)c1cccc([N+](=O)[O-])c1)c1cnn(C)c1.Cl. The van der Waals surface area contributed by atoms with E-state index >= 15 is 0 Å². The van der Waals surface area contributed by atoms with Crippen molar-refractivity contribution in [3.8, 4) is 0 Å². The third-order valence-corrected chi connectivity index (χ3v) is 5.12. The number of likely N-dealkylation sites (N-methyl/N-ethyl adjacent to an activating group) is 1. The Balaban J connectivity index is 0.00000392. The van der Waals surface area contributed by atoms with Crippen molar-refractivity contribution in [2.75, 3.05) is 20.1 Å². The molecule has 1 aromatic carbocycles. The Kier molecular flexibility index (Phi) is 8.50. The molecule has 0 fully saturated rings. The first-order chi connectivity index (χ1) is 12.7. The van der Waals surface area contributed by atoms with Crippen LogP contribution in [0.3, 0.4) is 0 Å². The molecule has 2 aromatic rings. The van der Waals surface area contributed by atoms with E-state index in [0.717, 1.165) is 6.07 Å². The van der Waals surface area contributed by atoms with Crippen LogP contribution in [0.2, 0.25) is 0 Å². The molecule has 0 radical (unpaired) electrons. The summed E-state index contributed by atoms with van der Waals surface area (Å²) in [7, 11) is -0.563. The number of aryl methyl sites for hydroxylation is 1. The zero-order chi connectivity index (χ0) is 20.0. The third-order valence-electron chi connectivity index (χ3n) is 3.66. The van der Waals surface area contributed by atoms with Crippen molar-refractivity contribution in [1.29, 1.82) is 0 Å². The number of nitrogens with zero attached hydrogens (tertiary/aromatic N) is 3. The minimum atomic E-state index is -3.92. The van der Waals surface area contributed by atoms with Crippen molar-refractivity contribution < 1.29 is 18.1 Å². The van der Waals surface area contributed by atoms with Gasteiger partial charge in [0.2, 0.25) is 15.9 Å². The standard InChI is InChI=1S/C15H20N6O5S.ClH/c1-16-14(11-9-18-20(2)10-11)15(22)17-6-7-19-27(25,26)13-5-3-4-12(8-13)21(23)24;/h3-5,8-10,14,16,19H,6-7H2,1-2H3,(H,17,22);1H. The van der Waals surface area contributed by atoms with Gasteiger partial charge in [-0.2, -0.15) is 5.10 Å². The minimum Gasteiger partial charge on any atom is -0.353 e. The van der Waals surface area contributed by atoms with Crippen LogP contribution in [0, 0.1) is 10.1 Å². The lowest BCUT2D eigenvalue weighted by Crippen LogP contribution is -2.40. The topological polar surface area (TPSA) is 148 Å². The fourth-order valence-electron chi connectivity index (χ4n) is 2.36. The smallest absolute Gasteiger partial charge is 0.270 e. The van der Waals surface area contributed by atoms with Crippen LogP contribution >= 0.6 is 12.4 Å². The van der Waals surface area contributed by atoms with Crippen LogP contribution in [0.25, 0.3) is 0 Å². The zero-order valence-corrected chi connectivity index (χ0v) is 16.8. The maximum absolute atomic E-state index is 12.2. The van der Waals surface area contributed by atoms with Gasteiger partial charge in [-0.3, -0.25) is 19.6 Å². The molecule has 0 saturated carbocycles. The molecule has 1 unspecified atom stereocenters. The van der Waals surface area contributed by atoms with Gasteiger partial charge < -0.3 is 10.6 Å². The number of carbonyl (C=O) groups excluding carboxylic acids is 1. The van der Waals surface area contributed by atoms with E-state index in [0.29, 0.717) is 5.56 Å². The Morgan fingerprint density at radius 2 is 2.07 bits per heavy atom. The molecule has 1 heterocycles. The monoisotopic (exact) mass is 432 g/mol.